The standard InChI is InChI=1S/C14H23N3O2/c1-11(10-19-3)16-14(18)9-17(2)8-12-4-6-13(15)7-5-12/h4-7,11H,8-10,15H2,1-3H3,(H,16,18). The molecule has 1 atom stereocenters. The molecule has 3 N–H and O–H groups in total. The molecule has 1 unspecified atom stereocenters. The monoisotopic (exact) mass is 265 g/mol. The van der Waals surface area contributed by atoms with Crippen molar-refractivity contribution in [3.63, 3.8) is 0 Å². The second-order valence-corrected chi connectivity index (χ2v) is 4.84. The first kappa shape index (κ1) is 15.5. The SMILES string of the molecule is COCC(C)NC(=O)CN(C)Cc1ccc(N)cc1. The summed E-state index contributed by atoms with van der Waals surface area (Å²) in [6.07, 6.45) is 0. The highest BCUT2D eigenvalue weighted by molar-refractivity contribution is 5.78. The van der Waals surface area contributed by atoms with Gasteiger partial charge in [-0.3, -0.25) is 9.69 Å². The lowest BCUT2D eigenvalue weighted by molar-refractivity contribution is -0.123. The Morgan fingerprint density at radius 1 is 1.42 bits per heavy atom. The maximum absolute atomic E-state index is 11.8. The summed E-state index contributed by atoms with van der Waals surface area (Å²) in [5.74, 6) is 0.00231. The molecule has 1 aromatic rings. The highest BCUT2D eigenvalue weighted by atomic mass is 16.5. The van der Waals surface area contributed by atoms with Gasteiger partial charge in [0.2, 0.25) is 5.91 Å². The van der Waals surface area contributed by atoms with Gasteiger partial charge in [0.15, 0.2) is 0 Å². The second kappa shape index (κ2) is 7.76. The number of ether oxygens (including phenoxy) is 1. The minimum absolute atomic E-state index is 0.00231. The van der Waals surface area contributed by atoms with E-state index in [1.54, 1.807) is 7.11 Å². The maximum atomic E-state index is 11.8. The number of hydrogen-bond acceptors (Lipinski definition) is 4. The topological polar surface area (TPSA) is 67.6 Å². The summed E-state index contributed by atoms with van der Waals surface area (Å²) < 4.78 is 4.98. The van der Waals surface area contributed by atoms with Crippen molar-refractivity contribution in [1.82, 2.24) is 10.2 Å². The molecule has 0 saturated carbocycles. The third-order valence-corrected chi connectivity index (χ3v) is 2.67. The van der Waals surface area contributed by atoms with Gasteiger partial charge in [-0.05, 0) is 31.7 Å². The lowest BCUT2D eigenvalue weighted by Crippen LogP contribution is -2.41. The molecule has 0 spiro atoms. The Kier molecular flexibility index (Phi) is 6.32. The van der Waals surface area contributed by atoms with Crippen LogP contribution < -0.4 is 11.1 Å². The van der Waals surface area contributed by atoms with Gasteiger partial charge in [-0.2, -0.15) is 0 Å². The molecule has 1 rings (SSSR count). The summed E-state index contributed by atoms with van der Waals surface area (Å²) >= 11 is 0. The number of nitrogens with one attached hydrogen (secondary N) is 1. The number of likely N-dealkylation sites (N-methyl/N-ethyl adjacent to an activating group) is 1. The highest BCUT2D eigenvalue weighted by Gasteiger charge is 2.10. The fraction of sp³-hybridized carbons (Fsp3) is 0.500. The van der Waals surface area contributed by atoms with Crippen LogP contribution in [-0.2, 0) is 16.1 Å². The van der Waals surface area contributed by atoms with Gasteiger partial charge in [0, 0.05) is 25.4 Å². The number of amides is 1. The Hall–Kier alpha value is -1.59. The Morgan fingerprint density at radius 3 is 2.63 bits per heavy atom. The van der Waals surface area contributed by atoms with Crippen molar-refractivity contribution < 1.29 is 9.53 Å². The molecule has 0 aliphatic rings. The molecule has 106 valence electrons. The number of nitrogens with zero attached hydrogens (tertiary/aromatic N) is 1. The molecule has 0 heterocycles. The molecule has 0 aliphatic carbocycles. The van der Waals surface area contributed by atoms with Gasteiger partial charge in [0.25, 0.3) is 0 Å². The zero-order valence-electron chi connectivity index (χ0n) is 11.8. The van der Waals surface area contributed by atoms with E-state index < -0.39 is 0 Å². The van der Waals surface area contributed by atoms with Crippen LogP contribution in [0.15, 0.2) is 24.3 Å². The molecular formula is C14H23N3O2. The van der Waals surface area contributed by atoms with Crippen LogP contribution >= 0.6 is 0 Å². The maximum Gasteiger partial charge on any atom is 0.234 e. The molecule has 1 aromatic carbocycles. The van der Waals surface area contributed by atoms with Gasteiger partial charge in [0.05, 0.1) is 13.2 Å². The van der Waals surface area contributed by atoms with E-state index in [9.17, 15) is 4.79 Å². The highest BCUT2D eigenvalue weighted by Crippen LogP contribution is 2.07. The largest absolute Gasteiger partial charge is 0.399 e. The van der Waals surface area contributed by atoms with E-state index in [2.05, 4.69) is 5.32 Å². The summed E-state index contributed by atoms with van der Waals surface area (Å²) in [5, 5.41) is 2.88. The number of benzene rings is 1. The number of hydrogen-bond donors (Lipinski definition) is 2. The Morgan fingerprint density at radius 2 is 2.05 bits per heavy atom. The van der Waals surface area contributed by atoms with Gasteiger partial charge >= 0.3 is 0 Å². The minimum Gasteiger partial charge on any atom is -0.399 e. The van der Waals surface area contributed by atoms with Crippen molar-refractivity contribution in [3.05, 3.63) is 29.8 Å². The zero-order chi connectivity index (χ0) is 14.3. The first-order valence-electron chi connectivity index (χ1n) is 6.32. The number of nitrogen functional groups attached to an aromatic ring is 1. The molecule has 0 bridgehead atoms. The number of carbonyl (C=O) groups excluding carboxylic acids is 1. The normalized spacial score (nSPS) is 12.4. The smallest absolute Gasteiger partial charge is 0.234 e. The molecule has 19 heavy (non-hydrogen) atoms. The molecule has 5 nitrogen and oxygen atoms in total. The lowest BCUT2D eigenvalue weighted by Gasteiger charge is -2.18. The van der Waals surface area contributed by atoms with Crippen LogP contribution in [0.3, 0.4) is 0 Å². The van der Waals surface area contributed by atoms with Crippen LogP contribution in [0.1, 0.15) is 12.5 Å². The van der Waals surface area contributed by atoms with E-state index in [0.717, 1.165) is 11.3 Å². The Balaban J connectivity index is 2.36. The molecule has 0 aliphatic heterocycles. The summed E-state index contributed by atoms with van der Waals surface area (Å²) in [6, 6.07) is 7.70. The van der Waals surface area contributed by atoms with Crippen molar-refractivity contribution in [3.8, 4) is 0 Å². The van der Waals surface area contributed by atoms with Crippen molar-refractivity contribution in [1.29, 1.82) is 0 Å². The van der Waals surface area contributed by atoms with Crippen LogP contribution in [0, 0.1) is 0 Å². The minimum atomic E-state index is 0.00231. The molecular weight excluding hydrogens is 242 g/mol. The van der Waals surface area contributed by atoms with Crippen LogP contribution in [0.4, 0.5) is 5.69 Å². The quantitative estimate of drug-likeness (QED) is 0.717. The third-order valence-electron chi connectivity index (χ3n) is 2.67. The van der Waals surface area contributed by atoms with Gasteiger partial charge in [-0.15, -0.1) is 0 Å². The summed E-state index contributed by atoms with van der Waals surface area (Å²) in [6.45, 7) is 3.51. The first-order chi connectivity index (χ1) is 9.01. The van der Waals surface area contributed by atoms with Crippen LogP contribution in [0.25, 0.3) is 0 Å². The van der Waals surface area contributed by atoms with Crippen LogP contribution in [0.5, 0.6) is 0 Å². The predicted molar refractivity (Wildman–Crippen MR) is 76.7 cm³/mol. The molecule has 5 heteroatoms. The number of nitrogens with two attached hydrogens (primary N) is 1. The van der Waals surface area contributed by atoms with E-state index in [1.165, 1.54) is 0 Å². The van der Waals surface area contributed by atoms with E-state index >= 15 is 0 Å². The average molecular weight is 265 g/mol. The average Bonchev–Trinajstić information content (AvgIpc) is 2.32. The first-order valence-corrected chi connectivity index (χ1v) is 6.32. The van der Waals surface area contributed by atoms with Gasteiger partial charge < -0.3 is 15.8 Å². The number of anilines is 1. The predicted octanol–water partition coefficient (Wildman–Crippen LogP) is 0.852. The van der Waals surface area contributed by atoms with Crippen molar-refractivity contribution >= 4 is 11.6 Å². The Bertz CT molecular complexity index is 392. The Labute approximate surface area is 114 Å². The van der Waals surface area contributed by atoms with Crippen molar-refractivity contribution in [2.24, 2.45) is 0 Å². The van der Waals surface area contributed by atoms with Crippen LogP contribution in [-0.4, -0.2) is 44.2 Å². The number of methoxy groups -OCH3 is 1. The van der Waals surface area contributed by atoms with Gasteiger partial charge in [-0.25, -0.2) is 0 Å². The van der Waals surface area contributed by atoms with Gasteiger partial charge in [0.1, 0.15) is 0 Å². The summed E-state index contributed by atoms with van der Waals surface area (Å²) in [4.78, 5) is 13.7. The number of carbonyl (C=O) groups is 1. The van der Waals surface area contributed by atoms with Crippen molar-refractivity contribution in [2.45, 2.75) is 19.5 Å². The lowest BCUT2D eigenvalue weighted by atomic mass is 10.2. The second-order valence-electron chi connectivity index (χ2n) is 4.84. The molecule has 0 fully saturated rings. The van der Waals surface area contributed by atoms with Crippen LogP contribution in [0.2, 0.25) is 0 Å². The van der Waals surface area contributed by atoms with E-state index in [4.69, 9.17) is 10.5 Å². The molecule has 0 radical (unpaired) electrons. The zero-order valence-corrected chi connectivity index (χ0v) is 11.8. The third kappa shape index (κ3) is 6.22. The van der Waals surface area contributed by atoms with Gasteiger partial charge in [-0.1, -0.05) is 12.1 Å². The molecule has 0 aromatic heterocycles. The summed E-state index contributed by atoms with van der Waals surface area (Å²) in [5.41, 5.74) is 7.51. The fourth-order valence-corrected chi connectivity index (χ4v) is 1.85. The van der Waals surface area contributed by atoms with Crippen molar-refractivity contribution in [2.75, 3.05) is 33.0 Å². The number of rotatable bonds is 7. The fourth-order valence-electron chi connectivity index (χ4n) is 1.85. The van der Waals surface area contributed by atoms with E-state index in [0.29, 0.717) is 19.7 Å². The van der Waals surface area contributed by atoms with E-state index in [-0.39, 0.29) is 11.9 Å². The van der Waals surface area contributed by atoms with E-state index in [1.807, 2.05) is 43.1 Å². The molecule has 1 amide bonds. The summed E-state index contributed by atoms with van der Waals surface area (Å²) in [7, 11) is 3.53. The molecule has 0 saturated heterocycles.